The number of amides is 1. The second kappa shape index (κ2) is 10.0. The number of carbonyl (C=O) groups is 1. The molecule has 182 valence electrons. The molecule has 1 aromatic heterocycles. The minimum Gasteiger partial charge on any atom is -0.347 e. The van der Waals surface area contributed by atoms with Crippen LogP contribution in [0.3, 0.4) is 0 Å². The lowest BCUT2D eigenvalue weighted by Gasteiger charge is -2.35. The zero-order valence-electron chi connectivity index (χ0n) is 19.9. The number of hydrogen-bond acceptors (Lipinski definition) is 5. The number of sulfonamides is 1. The van der Waals surface area contributed by atoms with Crippen LogP contribution in [0, 0.1) is 24.2 Å². The molecular formula is C26H29N5O3S. The molecule has 0 spiro atoms. The molecule has 2 N–H and O–H groups in total. The highest BCUT2D eigenvalue weighted by Gasteiger charge is 2.37. The van der Waals surface area contributed by atoms with Gasteiger partial charge in [-0.3, -0.25) is 4.79 Å². The largest absolute Gasteiger partial charge is 0.347 e. The molecule has 2 aromatic carbocycles. The van der Waals surface area contributed by atoms with E-state index in [-0.39, 0.29) is 17.3 Å². The van der Waals surface area contributed by atoms with Crippen molar-refractivity contribution in [1.82, 2.24) is 19.6 Å². The number of aromatic amines is 1. The molecule has 9 heteroatoms. The van der Waals surface area contributed by atoms with Gasteiger partial charge in [0.2, 0.25) is 15.9 Å². The molecule has 1 aliphatic rings. The lowest BCUT2D eigenvalue weighted by Crippen LogP contribution is -2.51. The van der Waals surface area contributed by atoms with Crippen molar-refractivity contribution in [3.8, 4) is 6.07 Å². The van der Waals surface area contributed by atoms with Crippen molar-refractivity contribution in [1.29, 1.82) is 5.26 Å². The summed E-state index contributed by atoms with van der Waals surface area (Å²) in [6, 6.07) is 16.1. The fraction of sp³-hybridized carbons (Fsp3) is 0.346. The molecule has 0 radical (unpaired) electrons. The van der Waals surface area contributed by atoms with E-state index in [1.54, 1.807) is 48.9 Å². The molecule has 8 nitrogen and oxygen atoms in total. The van der Waals surface area contributed by atoms with Crippen LogP contribution in [0.1, 0.15) is 42.1 Å². The molecule has 4 rings (SSSR count). The number of aryl methyl sites for hydroxylation is 1. The second-order valence-electron chi connectivity index (χ2n) is 9.29. The van der Waals surface area contributed by atoms with Gasteiger partial charge in [0.1, 0.15) is 0 Å². The Morgan fingerprint density at radius 3 is 2.57 bits per heavy atom. The number of carbonyl (C=O) groups excluding carboxylic acids is 1. The highest BCUT2D eigenvalue weighted by molar-refractivity contribution is 7.89. The molecule has 35 heavy (non-hydrogen) atoms. The van der Waals surface area contributed by atoms with Crippen molar-refractivity contribution in [2.24, 2.45) is 5.92 Å². The van der Waals surface area contributed by atoms with Gasteiger partial charge in [-0.1, -0.05) is 29.8 Å². The van der Waals surface area contributed by atoms with Crippen LogP contribution in [0.5, 0.6) is 0 Å². The van der Waals surface area contributed by atoms with Crippen molar-refractivity contribution < 1.29 is 13.2 Å². The summed E-state index contributed by atoms with van der Waals surface area (Å²) in [5.41, 5.74) is 2.46. The molecule has 0 aliphatic carbocycles. The molecule has 2 atom stereocenters. The van der Waals surface area contributed by atoms with Crippen LogP contribution >= 0.6 is 0 Å². The first-order chi connectivity index (χ1) is 16.7. The SMILES string of the molecule is Cc1ccc(S(=O)(=O)N2CCC[C@H](C(=O)N[C@@](C)(Cc3ccc(C#N)cc3)c3cnc[nH]3)C2)cc1. The number of H-pyrrole nitrogens is 1. The maximum absolute atomic E-state index is 13.4. The number of nitrogens with zero attached hydrogens (tertiary/aromatic N) is 3. The van der Waals surface area contributed by atoms with Crippen LogP contribution in [-0.4, -0.2) is 41.7 Å². The van der Waals surface area contributed by atoms with Crippen LogP contribution in [0.15, 0.2) is 66.0 Å². The minimum absolute atomic E-state index is 0.137. The summed E-state index contributed by atoms with van der Waals surface area (Å²) in [7, 11) is -3.68. The Balaban J connectivity index is 1.52. The quantitative estimate of drug-likeness (QED) is 0.526. The molecule has 1 saturated heterocycles. The van der Waals surface area contributed by atoms with Crippen molar-refractivity contribution >= 4 is 15.9 Å². The second-order valence-corrected chi connectivity index (χ2v) is 11.2. The Hall–Kier alpha value is -3.48. The molecule has 0 bridgehead atoms. The first kappa shape index (κ1) is 24.6. The van der Waals surface area contributed by atoms with Gasteiger partial charge in [-0.05, 0) is 56.5 Å². The van der Waals surface area contributed by atoms with E-state index in [1.165, 1.54) is 4.31 Å². The third-order valence-corrected chi connectivity index (χ3v) is 8.43. The third kappa shape index (κ3) is 5.45. The maximum atomic E-state index is 13.4. The van der Waals surface area contributed by atoms with Gasteiger partial charge in [-0.25, -0.2) is 13.4 Å². The van der Waals surface area contributed by atoms with Gasteiger partial charge in [0.25, 0.3) is 0 Å². The number of rotatable bonds is 7. The molecule has 1 fully saturated rings. The number of nitriles is 1. The average molecular weight is 492 g/mol. The Labute approximate surface area is 206 Å². The van der Waals surface area contributed by atoms with E-state index in [0.717, 1.165) is 16.8 Å². The lowest BCUT2D eigenvalue weighted by atomic mass is 9.88. The number of benzene rings is 2. The van der Waals surface area contributed by atoms with E-state index in [0.29, 0.717) is 31.4 Å². The van der Waals surface area contributed by atoms with Gasteiger partial charge in [0.05, 0.1) is 46.2 Å². The average Bonchev–Trinajstić information content (AvgIpc) is 3.41. The molecule has 0 saturated carbocycles. The molecule has 3 aromatic rings. The standard InChI is InChI=1S/C26H29N5O3S/c1-19-5-11-23(12-6-19)35(33,34)31-13-3-4-22(17-31)25(32)30-26(2,24-16-28-18-29-24)14-20-7-9-21(15-27)10-8-20/h5-12,16,18,22H,3-4,13-14,17H2,1-2H3,(H,28,29)(H,30,32)/t22-,26-/m0/s1. The van der Waals surface area contributed by atoms with Crippen LogP contribution in [0.4, 0.5) is 0 Å². The van der Waals surface area contributed by atoms with Crippen LogP contribution < -0.4 is 5.32 Å². The molecule has 1 amide bonds. The first-order valence-electron chi connectivity index (χ1n) is 11.6. The molecular weight excluding hydrogens is 462 g/mol. The predicted molar refractivity (Wildman–Crippen MR) is 132 cm³/mol. The number of piperidine rings is 1. The summed E-state index contributed by atoms with van der Waals surface area (Å²) in [5, 5.41) is 12.2. The number of nitrogens with one attached hydrogen (secondary N) is 2. The van der Waals surface area contributed by atoms with E-state index in [4.69, 9.17) is 5.26 Å². The number of imidazole rings is 1. The van der Waals surface area contributed by atoms with Gasteiger partial charge < -0.3 is 10.3 Å². The van der Waals surface area contributed by atoms with E-state index in [2.05, 4.69) is 21.4 Å². The highest BCUT2D eigenvalue weighted by Crippen LogP contribution is 2.28. The van der Waals surface area contributed by atoms with Crippen LogP contribution in [-0.2, 0) is 26.8 Å². The molecule has 1 aliphatic heterocycles. The summed E-state index contributed by atoms with van der Waals surface area (Å²) in [4.78, 5) is 20.9. The van der Waals surface area contributed by atoms with Gasteiger partial charge in [-0.15, -0.1) is 0 Å². The lowest BCUT2D eigenvalue weighted by molar-refractivity contribution is -0.128. The predicted octanol–water partition coefficient (Wildman–Crippen LogP) is 3.26. The summed E-state index contributed by atoms with van der Waals surface area (Å²) in [6.45, 7) is 4.35. The Kier molecular flexibility index (Phi) is 7.05. The van der Waals surface area contributed by atoms with Crippen molar-refractivity contribution in [2.75, 3.05) is 13.1 Å². The number of hydrogen-bond donors (Lipinski definition) is 2. The van der Waals surface area contributed by atoms with E-state index in [9.17, 15) is 13.2 Å². The smallest absolute Gasteiger partial charge is 0.243 e. The maximum Gasteiger partial charge on any atom is 0.243 e. The van der Waals surface area contributed by atoms with Gasteiger partial charge in [-0.2, -0.15) is 9.57 Å². The van der Waals surface area contributed by atoms with Gasteiger partial charge in [0, 0.05) is 19.5 Å². The first-order valence-corrected chi connectivity index (χ1v) is 13.0. The van der Waals surface area contributed by atoms with Crippen molar-refractivity contribution in [3.05, 3.63) is 83.4 Å². The fourth-order valence-corrected chi connectivity index (χ4v) is 6.00. The van der Waals surface area contributed by atoms with E-state index >= 15 is 0 Å². The Bertz CT molecular complexity index is 1310. The Morgan fingerprint density at radius 2 is 1.94 bits per heavy atom. The Morgan fingerprint density at radius 1 is 1.23 bits per heavy atom. The molecule has 0 unspecified atom stereocenters. The minimum atomic E-state index is -3.68. The van der Waals surface area contributed by atoms with Gasteiger partial charge in [0.15, 0.2) is 0 Å². The molecule has 2 heterocycles. The summed E-state index contributed by atoms with van der Waals surface area (Å²) < 4.78 is 27.8. The van der Waals surface area contributed by atoms with Gasteiger partial charge >= 0.3 is 0 Å². The summed E-state index contributed by atoms with van der Waals surface area (Å²) in [6.07, 6.45) is 4.94. The summed E-state index contributed by atoms with van der Waals surface area (Å²) >= 11 is 0. The third-order valence-electron chi connectivity index (χ3n) is 6.55. The highest BCUT2D eigenvalue weighted by atomic mass is 32.2. The van der Waals surface area contributed by atoms with Crippen molar-refractivity contribution in [2.45, 2.75) is 43.5 Å². The van der Waals surface area contributed by atoms with Crippen LogP contribution in [0.25, 0.3) is 0 Å². The van der Waals surface area contributed by atoms with Crippen LogP contribution in [0.2, 0.25) is 0 Å². The van der Waals surface area contributed by atoms with Crippen molar-refractivity contribution in [3.63, 3.8) is 0 Å². The number of aromatic nitrogens is 2. The normalized spacial score (nSPS) is 18.4. The monoisotopic (exact) mass is 491 g/mol. The topological polar surface area (TPSA) is 119 Å². The fourth-order valence-electron chi connectivity index (χ4n) is 4.48. The summed E-state index contributed by atoms with van der Waals surface area (Å²) in [5.74, 6) is -0.660. The van der Waals surface area contributed by atoms with E-state index in [1.807, 2.05) is 26.0 Å². The zero-order valence-corrected chi connectivity index (χ0v) is 20.7. The zero-order chi connectivity index (χ0) is 25.1. The van der Waals surface area contributed by atoms with E-state index < -0.39 is 21.5 Å².